The topological polar surface area (TPSA) is 71.3 Å². The van der Waals surface area contributed by atoms with Crippen LogP contribution in [0.2, 0.25) is 0 Å². The van der Waals surface area contributed by atoms with Gasteiger partial charge < -0.3 is 15.1 Å². The summed E-state index contributed by atoms with van der Waals surface area (Å²) in [6.07, 6.45) is 2.31. The zero-order chi connectivity index (χ0) is 21.2. The van der Waals surface area contributed by atoms with Gasteiger partial charge in [0.2, 0.25) is 5.91 Å². The molecule has 29 heavy (non-hydrogen) atoms. The van der Waals surface area contributed by atoms with Crippen molar-refractivity contribution in [1.82, 2.24) is 10.6 Å². The van der Waals surface area contributed by atoms with E-state index in [9.17, 15) is 18.4 Å². The zero-order valence-electron chi connectivity index (χ0n) is 16.9. The lowest BCUT2D eigenvalue weighted by atomic mass is 9.74. The Hall–Kier alpha value is -2.70. The maximum Gasteiger partial charge on any atom is 0.254 e. The molecular formula is C22H26F2N2O3. The molecule has 1 aliphatic carbocycles. The molecule has 156 valence electrons. The van der Waals surface area contributed by atoms with Crippen LogP contribution in [0.4, 0.5) is 8.78 Å². The van der Waals surface area contributed by atoms with Crippen molar-refractivity contribution in [2.24, 2.45) is 5.41 Å². The molecule has 0 saturated heterocycles. The van der Waals surface area contributed by atoms with Gasteiger partial charge in [-0.05, 0) is 43.4 Å². The molecule has 2 aromatic rings. The van der Waals surface area contributed by atoms with Gasteiger partial charge in [-0.2, -0.15) is 0 Å². The summed E-state index contributed by atoms with van der Waals surface area (Å²) in [5, 5.41) is 5.62. The minimum atomic E-state index is -0.911. The van der Waals surface area contributed by atoms with Gasteiger partial charge in [0, 0.05) is 31.0 Å². The molecule has 1 unspecified atom stereocenters. The first kappa shape index (κ1) is 21.0. The van der Waals surface area contributed by atoms with Crippen LogP contribution in [0, 0.1) is 24.0 Å². The van der Waals surface area contributed by atoms with Crippen LogP contribution in [0.3, 0.4) is 0 Å². The molecule has 1 aromatic carbocycles. The molecule has 0 aliphatic heterocycles. The largest absolute Gasteiger partial charge is 0.466 e. The number of amides is 2. The molecule has 0 spiro atoms. The number of hydrogen-bond donors (Lipinski definition) is 2. The summed E-state index contributed by atoms with van der Waals surface area (Å²) in [6, 6.07) is 4.68. The highest BCUT2D eigenvalue weighted by Crippen LogP contribution is 2.42. The Bertz CT molecular complexity index is 921. The molecule has 1 aromatic heterocycles. The van der Waals surface area contributed by atoms with E-state index >= 15 is 0 Å². The van der Waals surface area contributed by atoms with Crippen molar-refractivity contribution in [2.75, 3.05) is 6.54 Å². The van der Waals surface area contributed by atoms with Crippen molar-refractivity contribution in [3.05, 3.63) is 58.5 Å². The van der Waals surface area contributed by atoms with Crippen molar-refractivity contribution in [1.29, 1.82) is 0 Å². The summed E-state index contributed by atoms with van der Waals surface area (Å²) >= 11 is 0. The van der Waals surface area contributed by atoms with Crippen LogP contribution in [-0.2, 0) is 11.2 Å². The van der Waals surface area contributed by atoms with Crippen molar-refractivity contribution in [3.8, 4) is 0 Å². The van der Waals surface area contributed by atoms with E-state index in [0.717, 1.165) is 42.1 Å². The Kier molecular flexibility index (Phi) is 6.05. The third kappa shape index (κ3) is 5.22. The fourth-order valence-electron chi connectivity index (χ4n) is 3.80. The predicted molar refractivity (Wildman–Crippen MR) is 104 cm³/mol. The molecular weight excluding hydrogens is 378 g/mol. The summed E-state index contributed by atoms with van der Waals surface area (Å²) in [4.78, 5) is 24.4. The van der Waals surface area contributed by atoms with Gasteiger partial charge in [0.15, 0.2) is 0 Å². The lowest BCUT2D eigenvalue weighted by Gasteiger charge is -2.34. The SMILES string of the molecule is Cc1cc2c(o1)CC(C)(C)CC2NC(=O)CCCNC(=O)c1ccc(F)cc1F. The molecule has 1 aliphatic rings. The summed E-state index contributed by atoms with van der Waals surface area (Å²) < 4.78 is 32.3. The molecule has 5 nitrogen and oxygen atoms in total. The highest BCUT2D eigenvalue weighted by molar-refractivity contribution is 5.94. The molecule has 3 rings (SSSR count). The van der Waals surface area contributed by atoms with E-state index in [1.54, 1.807) is 0 Å². The van der Waals surface area contributed by atoms with Gasteiger partial charge in [0.05, 0.1) is 11.6 Å². The van der Waals surface area contributed by atoms with E-state index < -0.39 is 17.5 Å². The Labute approximate surface area is 168 Å². The second-order valence-electron chi connectivity index (χ2n) is 8.38. The standard InChI is InChI=1S/C22H26F2N2O3/c1-13-9-16-18(11-22(2,3)12-19(16)29-13)26-20(27)5-4-8-25-21(28)15-7-6-14(23)10-17(15)24/h6-7,9-10,18H,4-5,8,11-12H2,1-3H3,(H,25,28)(H,26,27). The second kappa shape index (κ2) is 8.35. The predicted octanol–water partition coefficient (Wildman–Crippen LogP) is 4.21. The van der Waals surface area contributed by atoms with E-state index in [1.807, 2.05) is 13.0 Å². The Morgan fingerprint density at radius 2 is 2.00 bits per heavy atom. The van der Waals surface area contributed by atoms with E-state index in [1.165, 1.54) is 0 Å². The summed E-state index contributed by atoms with van der Waals surface area (Å²) in [6.45, 7) is 6.42. The number of aryl methyl sites for hydroxylation is 1. The quantitative estimate of drug-likeness (QED) is 0.709. The van der Waals surface area contributed by atoms with Gasteiger partial charge in [-0.3, -0.25) is 9.59 Å². The fraction of sp³-hybridized carbons (Fsp3) is 0.455. The average Bonchev–Trinajstić information content (AvgIpc) is 2.97. The van der Waals surface area contributed by atoms with Crippen LogP contribution in [0.15, 0.2) is 28.7 Å². The molecule has 0 radical (unpaired) electrons. The molecule has 0 fully saturated rings. The first-order chi connectivity index (χ1) is 13.6. The molecule has 7 heteroatoms. The van der Waals surface area contributed by atoms with Crippen LogP contribution < -0.4 is 10.6 Å². The average molecular weight is 404 g/mol. The highest BCUT2D eigenvalue weighted by atomic mass is 19.1. The molecule has 0 bridgehead atoms. The van der Waals surface area contributed by atoms with Gasteiger partial charge >= 0.3 is 0 Å². The number of halogens is 2. The Morgan fingerprint density at radius 3 is 2.72 bits per heavy atom. The molecule has 2 amide bonds. The van der Waals surface area contributed by atoms with Gasteiger partial charge in [0.25, 0.3) is 5.91 Å². The molecule has 2 N–H and O–H groups in total. The molecule has 0 saturated carbocycles. The van der Waals surface area contributed by atoms with Gasteiger partial charge in [-0.15, -0.1) is 0 Å². The number of rotatable bonds is 6. The first-order valence-electron chi connectivity index (χ1n) is 9.76. The third-order valence-electron chi connectivity index (χ3n) is 5.11. The number of furan rings is 1. The Balaban J connectivity index is 1.48. The first-order valence-corrected chi connectivity index (χ1v) is 9.76. The smallest absolute Gasteiger partial charge is 0.254 e. The van der Waals surface area contributed by atoms with Gasteiger partial charge in [-0.25, -0.2) is 8.78 Å². The number of carbonyl (C=O) groups excluding carboxylic acids is 2. The van der Waals surface area contributed by atoms with E-state index in [0.29, 0.717) is 12.5 Å². The van der Waals surface area contributed by atoms with Gasteiger partial charge in [-0.1, -0.05) is 13.8 Å². The zero-order valence-corrected chi connectivity index (χ0v) is 16.9. The summed E-state index contributed by atoms with van der Waals surface area (Å²) in [5.74, 6) is -0.626. The van der Waals surface area contributed by atoms with Crippen LogP contribution in [0.1, 0.15) is 66.6 Å². The van der Waals surface area contributed by atoms with Crippen LogP contribution in [0.25, 0.3) is 0 Å². The van der Waals surface area contributed by atoms with E-state index in [-0.39, 0.29) is 35.9 Å². The number of fused-ring (bicyclic) bond motifs is 1. The van der Waals surface area contributed by atoms with Crippen molar-refractivity contribution in [2.45, 2.75) is 52.5 Å². The fourth-order valence-corrected chi connectivity index (χ4v) is 3.80. The monoisotopic (exact) mass is 404 g/mol. The van der Waals surface area contributed by atoms with Crippen LogP contribution in [-0.4, -0.2) is 18.4 Å². The minimum absolute atomic E-state index is 0.0302. The number of benzene rings is 1. The maximum absolute atomic E-state index is 13.6. The maximum atomic E-state index is 13.6. The molecule has 1 atom stereocenters. The third-order valence-corrected chi connectivity index (χ3v) is 5.11. The molecule has 1 heterocycles. The normalized spacial score (nSPS) is 17.5. The number of nitrogens with one attached hydrogen (secondary N) is 2. The Morgan fingerprint density at radius 1 is 1.24 bits per heavy atom. The van der Waals surface area contributed by atoms with Crippen LogP contribution >= 0.6 is 0 Å². The van der Waals surface area contributed by atoms with Crippen molar-refractivity contribution >= 4 is 11.8 Å². The lowest BCUT2D eigenvalue weighted by Crippen LogP contribution is -2.36. The summed E-state index contributed by atoms with van der Waals surface area (Å²) in [7, 11) is 0. The van der Waals surface area contributed by atoms with Crippen molar-refractivity contribution in [3.63, 3.8) is 0 Å². The van der Waals surface area contributed by atoms with E-state index in [2.05, 4.69) is 24.5 Å². The lowest BCUT2D eigenvalue weighted by molar-refractivity contribution is -0.122. The van der Waals surface area contributed by atoms with Crippen molar-refractivity contribution < 1.29 is 22.8 Å². The minimum Gasteiger partial charge on any atom is -0.466 e. The van der Waals surface area contributed by atoms with E-state index in [4.69, 9.17) is 4.42 Å². The van der Waals surface area contributed by atoms with Crippen LogP contribution in [0.5, 0.6) is 0 Å². The number of carbonyl (C=O) groups is 2. The summed E-state index contributed by atoms with van der Waals surface area (Å²) in [5.41, 5.74) is 0.848. The second-order valence-corrected chi connectivity index (χ2v) is 8.38. The van der Waals surface area contributed by atoms with Gasteiger partial charge in [0.1, 0.15) is 23.2 Å². The highest BCUT2D eigenvalue weighted by Gasteiger charge is 2.35. The number of hydrogen-bond acceptors (Lipinski definition) is 3.